The van der Waals surface area contributed by atoms with Crippen molar-refractivity contribution in [3.05, 3.63) is 45.7 Å². The van der Waals surface area contributed by atoms with Crippen LogP contribution in [0.3, 0.4) is 0 Å². The number of hydroxylamine groups is 1. The van der Waals surface area contributed by atoms with Crippen LogP contribution in [0.4, 0.5) is 13.2 Å². The molecule has 1 saturated carbocycles. The lowest BCUT2D eigenvalue weighted by Crippen LogP contribution is -2.65. The van der Waals surface area contributed by atoms with Crippen LogP contribution in [0.25, 0.3) is 5.76 Å². The van der Waals surface area contributed by atoms with Gasteiger partial charge in [-0.05, 0) is 50.0 Å². The summed E-state index contributed by atoms with van der Waals surface area (Å²) >= 11 is 0. The van der Waals surface area contributed by atoms with Crippen molar-refractivity contribution < 1.29 is 52.8 Å². The van der Waals surface area contributed by atoms with Crippen molar-refractivity contribution in [1.82, 2.24) is 10.4 Å². The number of benzene rings is 1. The van der Waals surface area contributed by atoms with Crippen molar-refractivity contribution in [1.29, 1.82) is 0 Å². The number of fused-ring (bicyclic) bond motifs is 3. The number of rotatable bonds is 6. The zero-order chi connectivity index (χ0) is 28.3. The monoisotopic (exact) mass is 541 g/mol. The van der Waals surface area contributed by atoms with Crippen molar-refractivity contribution >= 4 is 23.2 Å². The first-order valence-electron chi connectivity index (χ1n) is 11.5. The third kappa shape index (κ3) is 4.22. The van der Waals surface area contributed by atoms with Crippen LogP contribution in [0.2, 0.25) is 0 Å². The Morgan fingerprint density at radius 2 is 1.89 bits per heavy atom. The largest absolute Gasteiger partial charge is 0.508 e. The minimum atomic E-state index is -4.56. The van der Waals surface area contributed by atoms with Gasteiger partial charge in [0.25, 0.3) is 5.91 Å². The lowest BCUT2D eigenvalue weighted by atomic mass is 9.57. The Kier molecular flexibility index (Phi) is 6.80. The number of likely N-dealkylation sites (N-methyl/N-ethyl adjacent to an activating group) is 1. The molecule has 0 saturated heterocycles. The molecule has 1 amide bonds. The molecule has 4 rings (SSSR count). The smallest absolute Gasteiger partial charge is 0.413 e. The molecule has 4 atom stereocenters. The molecule has 0 heterocycles. The molecule has 38 heavy (non-hydrogen) atoms. The number of aliphatic hydroxyl groups is 3. The number of hydrogen-bond donors (Lipinski definition) is 6. The molecule has 206 valence electrons. The fraction of sp³-hybridized carbons (Fsp3) is 0.458. The van der Waals surface area contributed by atoms with Gasteiger partial charge in [-0.2, -0.15) is 18.7 Å². The Balaban J connectivity index is 1.81. The van der Waals surface area contributed by atoms with Crippen LogP contribution < -0.4 is 11.2 Å². The number of hydrogen-bond acceptors (Lipinski definition) is 10. The summed E-state index contributed by atoms with van der Waals surface area (Å²) < 4.78 is 37.2. The van der Waals surface area contributed by atoms with Crippen LogP contribution in [-0.2, 0) is 32.2 Å². The Morgan fingerprint density at radius 1 is 1.24 bits per heavy atom. The van der Waals surface area contributed by atoms with E-state index in [-0.39, 0.29) is 30.5 Å². The minimum Gasteiger partial charge on any atom is -0.508 e. The number of nitrogens with zero attached hydrogens (tertiary/aromatic N) is 1. The van der Waals surface area contributed by atoms with Crippen LogP contribution in [0.5, 0.6) is 5.75 Å². The molecular formula is C24H26F3N3O8. The molecule has 0 spiro atoms. The third-order valence-electron chi connectivity index (χ3n) is 7.30. The van der Waals surface area contributed by atoms with E-state index in [1.165, 1.54) is 31.1 Å². The average Bonchev–Trinajstić information content (AvgIpc) is 2.79. The molecule has 11 nitrogen and oxygen atoms in total. The van der Waals surface area contributed by atoms with Gasteiger partial charge in [0.05, 0.1) is 11.6 Å². The first-order valence-corrected chi connectivity index (χ1v) is 11.5. The van der Waals surface area contributed by atoms with Gasteiger partial charge >= 0.3 is 6.18 Å². The van der Waals surface area contributed by atoms with E-state index in [0.717, 1.165) is 0 Å². The minimum absolute atomic E-state index is 0.000771. The average molecular weight is 541 g/mol. The number of nitrogens with two attached hydrogens (primary N) is 1. The Labute approximate surface area is 213 Å². The van der Waals surface area contributed by atoms with Gasteiger partial charge in [0, 0.05) is 18.0 Å². The van der Waals surface area contributed by atoms with Gasteiger partial charge in [0.1, 0.15) is 22.8 Å². The molecule has 2 unspecified atom stereocenters. The molecule has 0 aliphatic heterocycles. The fourth-order valence-corrected chi connectivity index (χ4v) is 5.74. The molecule has 1 fully saturated rings. The number of phenolic OH excluding ortho intramolecular Hbond substituents is 1. The van der Waals surface area contributed by atoms with Gasteiger partial charge < -0.3 is 26.2 Å². The molecule has 1 aromatic rings. The van der Waals surface area contributed by atoms with Crippen LogP contribution in [0.1, 0.15) is 23.1 Å². The van der Waals surface area contributed by atoms with Gasteiger partial charge in [-0.3, -0.25) is 24.1 Å². The van der Waals surface area contributed by atoms with Crippen molar-refractivity contribution in [3.8, 4) is 5.75 Å². The number of ketones is 2. The summed E-state index contributed by atoms with van der Waals surface area (Å²) in [7, 11) is 2.96. The van der Waals surface area contributed by atoms with E-state index in [0.29, 0.717) is 11.1 Å². The van der Waals surface area contributed by atoms with E-state index in [4.69, 9.17) is 5.73 Å². The summed E-state index contributed by atoms with van der Waals surface area (Å²) in [5.74, 6) is -7.75. The normalized spacial score (nSPS) is 27.4. The molecule has 0 aromatic heterocycles. The quantitative estimate of drug-likeness (QED) is 0.169. The summed E-state index contributed by atoms with van der Waals surface area (Å²) in [6.07, 6.45) is -4.68. The Bertz CT molecular complexity index is 1290. The molecule has 14 heteroatoms. The molecule has 3 aliphatic rings. The van der Waals surface area contributed by atoms with E-state index in [2.05, 4.69) is 10.3 Å². The number of alkyl halides is 3. The third-order valence-corrected chi connectivity index (χ3v) is 7.30. The predicted octanol–water partition coefficient (Wildman–Crippen LogP) is 0.548. The standard InChI is InChI=1S/C24H26F3N3O8/c1-30(2)17-12-6-10-5-11-9(7-29-38-8-23(25,26)27)3-4-13(31)15(11)18(32)14(10)20(34)24(12,37)21(35)16(19(17)33)22(28)36/h3-4,10,12,17,29,31-32,35,37H,5-8H2,1-2H3,(H2,28,36)/t10?,12?,17-,24-/m0/s1. The summed E-state index contributed by atoms with van der Waals surface area (Å²) in [6, 6.07) is 1.36. The molecular weight excluding hydrogens is 515 g/mol. The summed E-state index contributed by atoms with van der Waals surface area (Å²) in [4.78, 5) is 44.6. The number of carbonyl (C=O) groups is 3. The van der Waals surface area contributed by atoms with Crippen LogP contribution in [0, 0.1) is 11.8 Å². The van der Waals surface area contributed by atoms with Gasteiger partial charge in [-0.25, -0.2) is 0 Å². The van der Waals surface area contributed by atoms with Crippen LogP contribution >= 0.6 is 0 Å². The van der Waals surface area contributed by atoms with E-state index in [9.17, 15) is 48.0 Å². The highest BCUT2D eigenvalue weighted by molar-refractivity contribution is 6.24. The SMILES string of the molecule is CN(C)[C@@H]1C(=O)C(C(N)=O)=C(O)[C@@]2(O)C(=O)C3=C(O)c4c(O)ccc(CNOCC(F)(F)F)c4CC3CC12. The van der Waals surface area contributed by atoms with E-state index >= 15 is 0 Å². The van der Waals surface area contributed by atoms with E-state index in [1.807, 2.05) is 0 Å². The van der Waals surface area contributed by atoms with Crippen LogP contribution in [-0.4, -0.2) is 81.3 Å². The fourth-order valence-electron chi connectivity index (χ4n) is 5.74. The van der Waals surface area contributed by atoms with Gasteiger partial charge in [-0.15, -0.1) is 0 Å². The van der Waals surface area contributed by atoms with Crippen molar-refractivity contribution in [2.24, 2.45) is 17.6 Å². The number of carbonyl (C=O) groups excluding carboxylic acids is 3. The van der Waals surface area contributed by atoms with Crippen molar-refractivity contribution in [2.45, 2.75) is 37.2 Å². The van der Waals surface area contributed by atoms with E-state index in [1.54, 1.807) is 0 Å². The maximum Gasteiger partial charge on any atom is 0.413 e. The van der Waals surface area contributed by atoms with Gasteiger partial charge in [0.2, 0.25) is 5.78 Å². The van der Waals surface area contributed by atoms with Crippen molar-refractivity contribution in [3.63, 3.8) is 0 Å². The topological polar surface area (TPSA) is 183 Å². The Morgan fingerprint density at radius 3 is 2.47 bits per heavy atom. The number of aromatic hydroxyl groups is 1. The molecule has 7 N–H and O–H groups in total. The second-order valence-electron chi connectivity index (χ2n) is 9.78. The summed E-state index contributed by atoms with van der Waals surface area (Å²) in [5.41, 5.74) is 3.97. The first-order chi connectivity index (χ1) is 17.6. The number of amides is 1. The summed E-state index contributed by atoms with van der Waals surface area (Å²) in [5, 5.41) is 44.0. The lowest BCUT2D eigenvalue weighted by Gasteiger charge is -2.50. The number of primary amides is 1. The summed E-state index contributed by atoms with van der Waals surface area (Å²) in [6.45, 7) is -1.79. The predicted molar refractivity (Wildman–Crippen MR) is 123 cm³/mol. The Hall–Kier alpha value is -3.46. The molecule has 0 radical (unpaired) electrons. The van der Waals surface area contributed by atoms with Gasteiger partial charge in [0.15, 0.2) is 18.0 Å². The number of nitrogens with one attached hydrogen (secondary N) is 1. The number of halogens is 3. The zero-order valence-electron chi connectivity index (χ0n) is 20.3. The van der Waals surface area contributed by atoms with E-state index < -0.39 is 76.6 Å². The highest BCUT2D eigenvalue weighted by Gasteiger charge is 2.64. The maximum absolute atomic E-state index is 13.7. The number of phenols is 1. The highest BCUT2D eigenvalue weighted by atomic mass is 19.4. The zero-order valence-corrected chi connectivity index (χ0v) is 20.3. The highest BCUT2D eigenvalue weighted by Crippen LogP contribution is 2.52. The van der Waals surface area contributed by atoms with Crippen LogP contribution in [0.15, 0.2) is 29.0 Å². The molecule has 3 aliphatic carbocycles. The second-order valence-corrected chi connectivity index (χ2v) is 9.78. The number of Topliss-reactive ketones (excluding diaryl/α,β-unsaturated/α-hetero) is 2. The maximum atomic E-state index is 13.7. The molecule has 0 bridgehead atoms. The molecule has 1 aromatic carbocycles. The lowest BCUT2D eigenvalue weighted by molar-refractivity contribution is -0.190. The van der Waals surface area contributed by atoms with Gasteiger partial charge in [-0.1, -0.05) is 6.07 Å². The van der Waals surface area contributed by atoms with Crippen molar-refractivity contribution in [2.75, 3.05) is 20.7 Å². The number of aliphatic hydroxyl groups excluding tert-OH is 2. The first kappa shape index (κ1) is 27.6. The second kappa shape index (κ2) is 9.38.